The van der Waals surface area contributed by atoms with Crippen molar-refractivity contribution in [2.45, 2.75) is 31.6 Å². The molecule has 6 heteroatoms. The Labute approximate surface area is 128 Å². The van der Waals surface area contributed by atoms with Crippen LogP contribution < -0.4 is 10.6 Å². The fourth-order valence-corrected chi connectivity index (χ4v) is 3.59. The molecule has 1 saturated carbocycles. The summed E-state index contributed by atoms with van der Waals surface area (Å²) in [6, 6.07) is 0. The largest absolute Gasteiger partial charge is 0.383 e. The average Bonchev–Trinajstić information content (AvgIpc) is 2.96. The van der Waals surface area contributed by atoms with Crippen molar-refractivity contribution in [2.24, 2.45) is 0 Å². The van der Waals surface area contributed by atoms with Gasteiger partial charge in [-0.1, -0.05) is 12.8 Å². The fraction of sp³-hybridized carbons (Fsp3) is 0.714. The number of piperazine rings is 1. The van der Waals surface area contributed by atoms with Crippen molar-refractivity contribution in [3.63, 3.8) is 0 Å². The van der Waals surface area contributed by atoms with Gasteiger partial charge in [-0.2, -0.15) is 4.98 Å². The van der Waals surface area contributed by atoms with Crippen molar-refractivity contribution in [1.82, 2.24) is 14.9 Å². The van der Waals surface area contributed by atoms with Gasteiger partial charge in [0.25, 0.3) is 0 Å². The summed E-state index contributed by atoms with van der Waals surface area (Å²) in [6.07, 6.45) is 5.03. The quantitative estimate of drug-likeness (QED) is 0.895. The van der Waals surface area contributed by atoms with Gasteiger partial charge in [-0.05, 0) is 35.8 Å². The highest BCUT2D eigenvalue weighted by Crippen LogP contribution is 2.38. The van der Waals surface area contributed by atoms with E-state index < -0.39 is 0 Å². The molecule has 0 unspecified atom stereocenters. The van der Waals surface area contributed by atoms with Crippen molar-refractivity contribution in [2.75, 3.05) is 43.9 Å². The first-order valence-electron chi connectivity index (χ1n) is 7.41. The SMILES string of the molecule is CN1CCN(c2nc(N)c(Br)c(C3CCCC3)n2)CC1. The number of halogens is 1. The Kier molecular flexibility index (Phi) is 4.12. The van der Waals surface area contributed by atoms with Crippen LogP contribution >= 0.6 is 15.9 Å². The fourth-order valence-electron chi connectivity index (χ4n) is 3.09. The molecule has 1 saturated heterocycles. The molecule has 2 heterocycles. The van der Waals surface area contributed by atoms with Gasteiger partial charge in [-0.3, -0.25) is 0 Å². The molecule has 0 radical (unpaired) electrons. The summed E-state index contributed by atoms with van der Waals surface area (Å²) in [5.74, 6) is 1.93. The van der Waals surface area contributed by atoms with Crippen LogP contribution in [-0.4, -0.2) is 48.1 Å². The van der Waals surface area contributed by atoms with Crippen LogP contribution in [-0.2, 0) is 0 Å². The van der Waals surface area contributed by atoms with Crippen molar-refractivity contribution >= 4 is 27.7 Å². The Hall–Kier alpha value is -0.880. The average molecular weight is 340 g/mol. The minimum absolute atomic E-state index is 0.542. The summed E-state index contributed by atoms with van der Waals surface area (Å²) >= 11 is 3.58. The molecule has 1 aromatic heterocycles. The van der Waals surface area contributed by atoms with Crippen LogP contribution in [0.25, 0.3) is 0 Å². The van der Waals surface area contributed by atoms with Gasteiger partial charge in [-0.15, -0.1) is 0 Å². The first kappa shape index (κ1) is 14.1. The maximum Gasteiger partial charge on any atom is 0.227 e. The van der Waals surface area contributed by atoms with Crippen LogP contribution in [0.3, 0.4) is 0 Å². The summed E-state index contributed by atoms with van der Waals surface area (Å²) in [4.78, 5) is 13.9. The summed E-state index contributed by atoms with van der Waals surface area (Å²) < 4.78 is 0.905. The second-order valence-electron chi connectivity index (χ2n) is 5.88. The molecule has 3 rings (SSSR count). The number of nitrogens with two attached hydrogens (primary N) is 1. The monoisotopic (exact) mass is 339 g/mol. The van der Waals surface area contributed by atoms with Gasteiger partial charge in [0.05, 0.1) is 10.2 Å². The van der Waals surface area contributed by atoms with E-state index in [1.807, 2.05) is 0 Å². The Morgan fingerprint density at radius 3 is 2.40 bits per heavy atom. The van der Waals surface area contributed by atoms with E-state index in [-0.39, 0.29) is 0 Å². The summed E-state index contributed by atoms with van der Waals surface area (Å²) in [5, 5.41) is 0. The molecule has 2 fully saturated rings. The first-order valence-corrected chi connectivity index (χ1v) is 8.21. The lowest BCUT2D eigenvalue weighted by molar-refractivity contribution is 0.311. The van der Waals surface area contributed by atoms with Crippen molar-refractivity contribution < 1.29 is 0 Å². The van der Waals surface area contributed by atoms with Gasteiger partial charge in [-0.25, -0.2) is 4.98 Å². The summed E-state index contributed by atoms with van der Waals surface area (Å²) in [6.45, 7) is 4.06. The van der Waals surface area contributed by atoms with Crippen LogP contribution in [0, 0.1) is 0 Å². The Morgan fingerprint density at radius 1 is 1.10 bits per heavy atom. The van der Waals surface area contributed by atoms with Crippen LogP contribution in [0.2, 0.25) is 0 Å². The second-order valence-corrected chi connectivity index (χ2v) is 6.67. The number of nitrogens with zero attached hydrogens (tertiary/aromatic N) is 4. The highest BCUT2D eigenvalue weighted by atomic mass is 79.9. The third-order valence-corrected chi connectivity index (χ3v) is 5.23. The molecule has 2 aliphatic rings. The number of nitrogen functional groups attached to an aromatic ring is 1. The third-order valence-electron chi connectivity index (χ3n) is 4.42. The molecule has 2 N–H and O–H groups in total. The molecular formula is C14H22BrN5. The molecule has 0 amide bonds. The Bertz CT molecular complexity index is 479. The second kappa shape index (κ2) is 5.85. The van der Waals surface area contributed by atoms with Gasteiger partial charge in [0.15, 0.2) is 0 Å². The predicted molar refractivity (Wildman–Crippen MR) is 85.1 cm³/mol. The predicted octanol–water partition coefficient (Wildman–Crippen LogP) is 2.23. The molecular weight excluding hydrogens is 318 g/mol. The molecule has 0 atom stereocenters. The van der Waals surface area contributed by atoms with Crippen molar-refractivity contribution in [3.8, 4) is 0 Å². The standard InChI is InChI=1S/C14H22BrN5/c1-19-6-8-20(9-7-19)14-17-12(10-4-2-3-5-10)11(15)13(16)18-14/h10H,2-9H2,1H3,(H2,16,17,18). The summed E-state index contributed by atoms with van der Waals surface area (Å²) in [7, 11) is 2.15. The number of rotatable bonds is 2. The minimum atomic E-state index is 0.542. The zero-order valence-corrected chi connectivity index (χ0v) is 13.6. The zero-order valence-electron chi connectivity index (χ0n) is 12.0. The third kappa shape index (κ3) is 2.76. The van der Waals surface area contributed by atoms with Gasteiger partial charge in [0, 0.05) is 32.1 Å². The summed E-state index contributed by atoms with van der Waals surface area (Å²) in [5.41, 5.74) is 7.20. The molecule has 1 aromatic rings. The van der Waals surface area contributed by atoms with Crippen molar-refractivity contribution in [3.05, 3.63) is 10.2 Å². The number of anilines is 2. The topological polar surface area (TPSA) is 58.3 Å². The molecule has 1 aliphatic heterocycles. The number of likely N-dealkylation sites (N-methyl/N-ethyl adjacent to an activating group) is 1. The molecule has 5 nitrogen and oxygen atoms in total. The van der Waals surface area contributed by atoms with Crippen LogP contribution in [0.1, 0.15) is 37.3 Å². The first-order chi connectivity index (χ1) is 9.65. The van der Waals surface area contributed by atoms with E-state index >= 15 is 0 Å². The highest BCUT2D eigenvalue weighted by Gasteiger charge is 2.25. The van der Waals surface area contributed by atoms with E-state index in [4.69, 9.17) is 10.7 Å². The van der Waals surface area contributed by atoms with E-state index in [0.29, 0.717) is 11.7 Å². The number of hydrogen-bond acceptors (Lipinski definition) is 5. The number of aromatic nitrogens is 2. The molecule has 20 heavy (non-hydrogen) atoms. The number of hydrogen-bond donors (Lipinski definition) is 1. The van der Waals surface area contributed by atoms with Crippen molar-refractivity contribution in [1.29, 1.82) is 0 Å². The minimum Gasteiger partial charge on any atom is -0.383 e. The normalized spacial score (nSPS) is 21.6. The molecule has 1 aliphatic carbocycles. The maximum absolute atomic E-state index is 6.09. The van der Waals surface area contributed by atoms with Gasteiger partial charge in [0.2, 0.25) is 5.95 Å². The van der Waals surface area contributed by atoms with E-state index in [2.05, 4.69) is 37.8 Å². The lowest BCUT2D eigenvalue weighted by Crippen LogP contribution is -2.45. The lowest BCUT2D eigenvalue weighted by Gasteiger charge is -2.33. The molecule has 0 aromatic carbocycles. The zero-order chi connectivity index (χ0) is 14.1. The molecule has 0 spiro atoms. The van der Waals surface area contributed by atoms with Crippen LogP contribution in [0.5, 0.6) is 0 Å². The Balaban J connectivity index is 1.87. The van der Waals surface area contributed by atoms with Crippen LogP contribution in [0.4, 0.5) is 11.8 Å². The Morgan fingerprint density at radius 2 is 1.75 bits per heavy atom. The molecule has 110 valence electrons. The van der Waals surface area contributed by atoms with Crippen LogP contribution in [0.15, 0.2) is 4.47 Å². The van der Waals surface area contributed by atoms with E-state index in [0.717, 1.165) is 42.3 Å². The van der Waals surface area contributed by atoms with E-state index in [1.54, 1.807) is 0 Å². The van der Waals surface area contributed by atoms with Gasteiger partial charge in [0.1, 0.15) is 5.82 Å². The smallest absolute Gasteiger partial charge is 0.227 e. The molecule has 0 bridgehead atoms. The van der Waals surface area contributed by atoms with E-state index in [1.165, 1.54) is 25.7 Å². The van der Waals surface area contributed by atoms with Gasteiger partial charge < -0.3 is 15.5 Å². The highest BCUT2D eigenvalue weighted by molar-refractivity contribution is 9.10. The lowest BCUT2D eigenvalue weighted by atomic mass is 10.0. The van der Waals surface area contributed by atoms with E-state index in [9.17, 15) is 0 Å². The van der Waals surface area contributed by atoms with Gasteiger partial charge >= 0.3 is 0 Å². The maximum atomic E-state index is 6.09.